The molecule has 0 fully saturated rings. The molecule has 0 N–H and O–H groups in total. The van der Waals surface area contributed by atoms with Crippen LogP contribution in [0, 0.1) is 0 Å². The highest BCUT2D eigenvalue weighted by atomic mass is 35.5. The molecule has 0 radical (unpaired) electrons. The highest BCUT2D eigenvalue weighted by molar-refractivity contribution is 6.22. The second-order valence-electron chi connectivity index (χ2n) is 4.82. The summed E-state index contributed by atoms with van der Waals surface area (Å²) in [5.41, 5.74) is 1.51. The molecule has 4 heteroatoms. The predicted molar refractivity (Wildman–Crippen MR) is 87.5 cm³/mol. The molecule has 1 atom stereocenters. The van der Waals surface area contributed by atoms with Crippen LogP contribution in [-0.2, 0) is 9.53 Å². The standard InChI is InChI=1S/C17H24ClNO2/c1-4-19(5-2)11-12-21-17(20)14(3)13-16(18)15-9-7-6-8-10-15/h6-10,13,16H,4-5,11-12H2,1-3H3. The number of carbonyl (C=O) groups is 1. The van der Waals surface area contributed by atoms with Crippen LogP contribution in [-0.4, -0.2) is 37.1 Å². The number of nitrogens with zero attached hydrogens (tertiary/aromatic N) is 1. The molecule has 21 heavy (non-hydrogen) atoms. The van der Waals surface area contributed by atoms with Crippen LogP contribution in [0.2, 0.25) is 0 Å². The third-order valence-corrected chi connectivity index (χ3v) is 3.75. The molecule has 1 aromatic rings. The minimum absolute atomic E-state index is 0.302. The Morgan fingerprint density at radius 2 is 1.90 bits per heavy atom. The van der Waals surface area contributed by atoms with E-state index >= 15 is 0 Å². The molecule has 3 nitrogen and oxygen atoms in total. The minimum Gasteiger partial charge on any atom is -0.461 e. The molecular formula is C17H24ClNO2. The summed E-state index contributed by atoms with van der Waals surface area (Å²) in [7, 11) is 0. The van der Waals surface area contributed by atoms with Crippen molar-refractivity contribution in [2.24, 2.45) is 0 Å². The van der Waals surface area contributed by atoms with E-state index in [1.54, 1.807) is 13.0 Å². The molecule has 0 aliphatic rings. The number of likely N-dealkylation sites (N-methyl/N-ethyl adjacent to an activating group) is 1. The van der Waals surface area contributed by atoms with Gasteiger partial charge in [-0.15, -0.1) is 11.6 Å². The number of benzene rings is 1. The first-order valence-corrected chi connectivity index (χ1v) is 7.79. The number of rotatable bonds is 8. The van der Waals surface area contributed by atoms with Gasteiger partial charge in [-0.2, -0.15) is 0 Å². The zero-order chi connectivity index (χ0) is 15.7. The van der Waals surface area contributed by atoms with Gasteiger partial charge in [0.15, 0.2) is 0 Å². The van der Waals surface area contributed by atoms with Gasteiger partial charge in [-0.3, -0.25) is 0 Å². The maximum atomic E-state index is 11.9. The summed E-state index contributed by atoms with van der Waals surface area (Å²) >= 11 is 6.28. The van der Waals surface area contributed by atoms with Crippen molar-refractivity contribution in [3.8, 4) is 0 Å². The van der Waals surface area contributed by atoms with E-state index < -0.39 is 0 Å². The molecule has 0 aliphatic carbocycles. The van der Waals surface area contributed by atoms with Crippen molar-refractivity contribution >= 4 is 17.6 Å². The average Bonchev–Trinajstić information content (AvgIpc) is 2.52. The van der Waals surface area contributed by atoms with Crippen molar-refractivity contribution < 1.29 is 9.53 Å². The number of carbonyl (C=O) groups excluding carboxylic acids is 1. The molecule has 116 valence electrons. The first kappa shape index (κ1) is 17.7. The highest BCUT2D eigenvalue weighted by Gasteiger charge is 2.10. The first-order chi connectivity index (χ1) is 10.1. The minimum atomic E-state index is -0.318. The molecule has 0 saturated heterocycles. The summed E-state index contributed by atoms with van der Waals surface area (Å²) in [6.45, 7) is 9.00. The number of hydrogen-bond donors (Lipinski definition) is 0. The smallest absolute Gasteiger partial charge is 0.333 e. The van der Waals surface area contributed by atoms with Gasteiger partial charge in [0, 0.05) is 12.1 Å². The van der Waals surface area contributed by atoms with Gasteiger partial charge in [-0.25, -0.2) is 4.79 Å². The van der Waals surface area contributed by atoms with Crippen molar-refractivity contribution in [2.75, 3.05) is 26.2 Å². The Hall–Kier alpha value is -1.32. The molecule has 0 amide bonds. The van der Waals surface area contributed by atoms with E-state index in [9.17, 15) is 4.79 Å². The van der Waals surface area contributed by atoms with Crippen molar-refractivity contribution in [1.82, 2.24) is 4.90 Å². The average molecular weight is 310 g/mol. The van der Waals surface area contributed by atoms with Crippen LogP contribution in [0.25, 0.3) is 0 Å². The van der Waals surface area contributed by atoms with Gasteiger partial charge in [0.05, 0.1) is 5.38 Å². The third-order valence-electron chi connectivity index (χ3n) is 3.37. The lowest BCUT2D eigenvalue weighted by atomic mass is 10.1. The lowest BCUT2D eigenvalue weighted by molar-refractivity contribution is -0.139. The summed E-state index contributed by atoms with van der Waals surface area (Å²) in [5, 5.41) is -0.318. The van der Waals surface area contributed by atoms with Crippen LogP contribution in [0.5, 0.6) is 0 Å². The topological polar surface area (TPSA) is 29.5 Å². The van der Waals surface area contributed by atoms with E-state index in [0.717, 1.165) is 25.2 Å². The van der Waals surface area contributed by atoms with E-state index in [0.29, 0.717) is 12.2 Å². The van der Waals surface area contributed by atoms with Crippen molar-refractivity contribution in [3.05, 3.63) is 47.5 Å². The first-order valence-electron chi connectivity index (χ1n) is 7.35. The SMILES string of the molecule is CCN(CC)CCOC(=O)C(C)=CC(Cl)c1ccccc1. The van der Waals surface area contributed by atoms with Gasteiger partial charge in [-0.05, 0) is 25.6 Å². The van der Waals surface area contributed by atoms with Crippen LogP contribution in [0.15, 0.2) is 42.0 Å². The lowest BCUT2D eigenvalue weighted by Crippen LogP contribution is -2.28. The molecule has 0 aromatic heterocycles. The number of allylic oxidation sites excluding steroid dienone is 1. The normalized spacial score (nSPS) is 13.3. The van der Waals surface area contributed by atoms with E-state index in [-0.39, 0.29) is 11.3 Å². The Morgan fingerprint density at radius 1 is 1.29 bits per heavy atom. The van der Waals surface area contributed by atoms with Crippen molar-refractivity contribution in [2.45, 2.75) is 26.1 Å². The maximum absolute atomic E-state index is 11.9. The predicted octanol–water partition coefficient (Wildman–Crippen LogP) is 3.80. The van der Waals surface area contributed by atoms with Gasteiger partial charge >= 0.3 is 5.97 Å². The van der Waals surface area contributed by atoms with Gasteiger partial charge in [-0.1, -0.05) is 50.3 Å². The molecule has 0 aliphatic heterocycles. The van der Waals surface area contributed by atoms with E-state index in [1.807, 2.05) is 30.3 Å². The molecule has 1 rings (SSSR count). The van der Waals surface area contributed by atoms with Gasteiger partial charge in [0.25, 0.3) is 0 Å². The van der Waals surface area contributed by atoms with Gasteiger partial charge < -0.3 is 9.64 Å². The van der Waals surface area contributed by atoms with Crippen LogP contribution in [0.3, 0.4) is 0 Å². The van der Waals surface area contributed by atoms with Gasteiger partial charge in [0.1, 0.15) is 6.61 Å². The molecular weight excluding hydrogens is 286 g/mol. The summed E-state index contributed by atoms with van der Waals surface area (Å²) in [4.78, 5) is 14.1. The quantitative estimate of drug-likeness (QED) is 0.415. The Balaban J connectivity index is 2.48. The molecule has 0 heterocycles. The Kier molecular flexibility index (Phi) is 8.09. The lowest BCUT2D eigenvalue weighted by Gasteiger charge is -2.17. The number of alkyl halides is 1. The molecule has 0 saturated carbocycles. The van der Waals surface area contributed by atoms with Crippen LogP contribution < -0.4 is 0 Å². The van der Waals surface area contributed by atoms with E-state index in [1.165, 1.54) is 0 Å². The van der Waals surface area contributed by atoms with E-state index in [2.05, 4.69) is 18.7 Å². The highest BCUT2D eigenvalue weighted by Crippen LogP contribution is 2.23. The zero-order valence-electron chi connectivity index (χ0n) is 13.0. The maximum Gasteiger partial charge on any atom is 0.333 e. The fourth-order valence-electron chi connectivity index (χ4n) is 1.94. The summed E-state index contributed by atoms with van der Waals surface area (Å²) in [6, 6.07) is 9.66. The third kappa shape index (κ3) is 6.32. The Labute approximate surface area is 132 Å². The van der Waals surface area contributed by atoms with Crippen molar-refractivity contribution in [1.29, 1.82) is 0 Å². The number of hydrogen-bond acceptors (Lipinski definition) is 3. The zero-order valence-corrected chi connectivity index (χ0v) is 13.8. The van der Waals surface area contributed by atoms with Crippen LogP contribution in [0.4, 0.5) is 0 Å². The second kappa shape index (κ2) is 9.59. The van der Waals surface area contributed by atoms with Crippen molar-refractivity contribution in [3.63, 3.8) is 0 Å². The monoisotopic (exact) mass is 309 g/mol. The summed E-state index contributed by atoms with van der Waals surface area (Å²) in [6.07, 6.45) is 1.73. The molecule has 0 spiro atoms. The number of ether oxygens (including phenoxy) is 1. The molecule has 0 bridgehead atoms. The fourth-order valence-corrected chi connectivity index (χ4v) is 2.28. The van der Waals surface area contributed by atoms with Crippen LogP contribution in [0.1, 0.15) is 31.7 Å². The number of halogens is 1. The Bertz CT molecular complexity index is 455. The summed E-state index contributed by atoms with van der Waals surface area (Å²) < 4.78 is 5.27. The summed E-state index contributed by atoms with van der Waals surface area (Å²) in [5.74, 6) is -0.302. The second-order valence-corrected chi connectivity index (χ2v) is 5.30. The van der Waals surface area contributed by atoms with Crippen LogP contribution >= 0.6 is 11.6 Å². The van der Waals surface area contributed by atoms with Gasteiger partial charge in [0.2, 0.25) is 0 Å². The number of esters is 1. The largest absolute Gasteiger partial charge is 0.461 e. The molecule has 1 unspecified atom stereocenters. The fraction of sp³-hybridized carbons (Fsp3) is 0.471. The Morgan fingerprint density at radius 3 is 2.48 bits per heavy atom. The molecule has 1 aromatic carbocycles. The van der Waals surface area contributed by atoms with E-state index in [4.69, 9.17) is 16.3 Å².